The lowest BCUT2D eigenvalue weighted by molar-refractivity contribution is -0.150. The van der Waals surface area contributed by atoms with Gasteiger partial charge in [-0.1, -0.05) is 27.7 Å². The molecule has 1 atom stereocenters. The monoisotopic (exact) mass is 273 g/mol. The largest absolute Gasteiger partial charge is 0.464 e. The minimum atomic E-state index is -0.585. The standard InChI is InChI=1S/C14H27NO4/c1-7-18-14(17)15(6)12(8-10(2)3)13(16)19-9-11(4)5/h10-12H,7-9H2,1-6H3. The lowest BCUT2D eigenvalue weighted by Crippen LogP contribution is -2.44. The van der Waals surface area contributed by atoms with E-state index in [9.17, 15) is 9.59 Å². The summed E-state index contributed by atoms with van der Waals surface area (Å²) < 4.78 is 10.1. The molecular formula is C14H27NO4. The van der Waals surface area contributed by atoms with Crippen LogP contribution in [0.2, 0.25) is 0 Å². The molecule has 0 spiro atoms. The van der Waals surface area contributed by atoms with Crippen LogP contribution in [-0.4, -0.2) is 43.3 Å². The van der Waals surface area contributed by atoms with Crippen molar-refractivity contribution in [2.24, 2.45) is 11.8 Å². The van der Waals surface area contributed by atoms with Crippen LogP contribution in [0.1, 0.15) is 41.0 Å². The minimum absolute atomic E-state index is 0.275. The van der Waals surface area contributed by atoms with Gasteiger partial charge in [-0.3, -0.25) is 4.90 Å². The van der Waals surface area contributed by atoms with Gasteiger partial charge in [0.25, 0.3) is 0 Å². The van der Waals surface area contributed by atoms with Crippen LogP contribution >= 0.6 is 0 Å². The second-order valence-electron chi connectivity index (χ2n) is 5.48. The summed E-state index contributed by atoms with van der Waals surface area (Å²) in [5, 5.41) is 0. The molecule has 0 aliphatic carbocycles. The Hall–Kier alpha value is -1.26. The maximum atomic E-state index is 12.1. The maximum Gasteiger partial charge on any atom is 0.410 e. The fourth-order valence-electron chi connectivity index (χ4n) is 1.56. The van der Waals surface area contributed by atoms with Gasteiger partial charge in [0.05, 0.1) is 13.2 Å². The van der Waals surface area contributed by atoms with Crippen molar-refractivity contribution in [1.82, 2.24) is 4.90 Å². The average molecular weight is 273 g/mol. The second-order valence-corrected chi connectivity index (χ2v) is 5.48. The van der Waals surface area contributed by atoms with Crippen LogP contribution in [0, 0.1) is 11.8 Å². The summed E-state index contributed by atoms with van der Waals surface area (Å²) in [6, 6.07) is -0.585. The second kappa shape index (κ2) is 8.77. The minimum Gasteiger partial charge on any atom is -0.464 e. The van der Waals surface area contributed by atoms with Gasteiger partial charge in [0.2, 0.25) is 0 Å². The first-order valence-corrected chi connectivity index (χ1v) is 6.85. The highest BCUT2D eigenvalue weighted by Crippen LogP contribution is 2.13. The first-order valence-electron chi connectivity index (χ1n) is 6.85. The zero-order valence-corrected chi connectivity index (χ0v) is 12.9. The van der Waals surface area contributed by atoms with Crippen molar-refractivity contribution in [2.75, 3.05) is 20.3 Å². The number of carbonyl (C=O) groups excluding carboxylic acids is 2. The molecule has 112 valence electrons. The van der Waals surface area contributed by atoms with Crippen molar-refractivity contribution in [1.29, 1.82) is 0 Å². The predicted octanol–water partition coefficient (Wildman–Crippen LogP) is 2.69. The van der Waals surface area contributed by atoms with Gasteiger partial charge in [-0.25, -0.2) is 9.59 Å². The number of esters is 1. The molecule has 0 aromatic heterocycles. The van der Waals surface area contributed by atoms with Gasteiger partial charge < -0.3 is 9.47 Å². The third kappa shape index (κ3) is 7.03. The van der Waals surface area contributed by atoms with Gasteiger partial charge in [-0.2, -0.15) is 0 Å². The Bertz CT molecular complexity index is 289. The first-order chi connectivity index (χ1) is 8.79. The van der Waals surface area contributed by atoms with Crippen molar-refractivity contribution in [3.8, 4) is 0 Å². The molecule has 0 heterocycles. The maximum absolute atomic E-state index is 12.1. The lowest BCUT2D eigenvalue weighted by Gasteiger charge is -2.27. The van der Waals surface area contributed by atoms with Gasteiger partial charge in [0.1, 0.15) is 6.04 Å². The quantitative estimate of drug-likeness (QED) is 0.669. The number of nitrogens with zero attached hydrogens (tertiary/aromatic N) is 1. The number of ether oxygens (including phenoxy) is 2. The molecule has 1 unspecified atom stereocenters. The molecule has 0 aromatic rings. The summed E-state index contributed by atoms with van der Waals surface area (Å²) in [6.07, 6.45) is 0.0707. The number of rotatable bonds is 7. The smallest absolute Gasteiger partial charge is 0.410 e. The molecule has 0 saturated carbocycles. The summed E-state index contributed by atoms with van der Waals surface area (Å²) in [5.41, 5.74) is 0. The predicted molar refractivity (Wildman–Crippen MR) is 73.8 cm³/mol. The SMILES string of the molecule is CCOC(=O)N(C)C(CC(C)C)C(=O)OCC(C)C. The molecule has 5 nitrogen and oxygen atoms in total. The number of carbonyl (C=O) groups is 2. The van der Waals surface area contributed by atoms with E-state index in [-0.39, 0.29) is 17.8 Å². The molecule has 0 aliphatic rings. The Morgan fingerprint density at radius 1 is 1.05 bits per heavy atom. The highest BCUT2D eigenvalue weighted by Gasteiger charge is 2.29. The third-order valence-corrected chi connectivity index (χ3v) is 2.55. The average Bonchev–Trinajstić information content (AvgIpc) is 2.32. The summed E-state index contributed by atoms with van der Waals surface area (Å²) in [6.45, 7) is 10.3. The van der Waals surface area contributed by atoms with Crippen molar-refractivity contribution >= 4 is 12.1 Å². The van der Waals surface area contributed by atoms with Crippen LogP contribution < -0.4 is 0 Å². The molecule has 0 N–H and O–H groups in total. The molecule has 0 fully saturated rings. The van der Waals surface area contributed by atoms with Gasteiger partial charge in [-0.05, 0) is 25.2 Å². The summed E-state index contributed by atoms with van der Waals surface area (Å²) in [4.78, 5) is 25.1. The number of likely N-dealkylation sites (N-methyl/N-ethyl adjacent to an activating group) is 1. The zero-order valence-electron chi connectivity index (χ0n) is 12.9. The van der Waals surface area contributed by atoms with Crippen LogP contribution in [0.25, 0.3) is 0 Å². The van der Waals surface area contributed by atoms with E-state index in [0.29, 0.717) is 19.6 Å². The Labute approximate surface area is 116 Å². The first kappa shape index (κ1) is 17.7. The molecule has 1 amide bonds. The lowest BCUT2D eigenvalue weighted by atomic mass is 10.0. The van der Waals surface area contributed by atoms with Gasteiger partial charge in [0, 0.05) is 7.05 Å². The molecule has 0 aliphatic heterocycles. The summed E-state index contributed by atoms with van der Waals surface area (Å²) >= 11 is 0. The van der Waals surface area contributed by atoms with Crippen LogP contribution in [0.15, 0.2) is 0 Å². The van der Waals surface area contributed by atoms with Crippen LogP contribution in [0.4, 0.5) is 4.79 Å². The molecular weight excluding hydrogens is 246 g/mol. The van der Waals surface area contributed by atoms with E-state index in [1.54, 1.807) is 14.0 Å². The van der Waals surface area contributed by atoms with E-state index in [1.807, 2.05) is 27.7 Å². The fourth-order valence-corrected chi connectivity index (χ4v) is 1.56. The molecule has 0 bridgehead atoms. The molecule has 0 aromatic carbocycles. The fraction of sp³-hybridized carbons (Fsp3) is 0.857. The third-order valence-electron chi connectivity index (χ3n) is 2.55. The Kier molecular flexibility index (Phi) is 8.19. The van der Waals surface area contributed by atoms with E-state index >= 15 is 0 Å². The van der Waals surface area contributed by atoms with E-state index in [1.165, 1.54) is 4.90 Å². The zero-order chi connectivity index (χ0) is 15.0. The van der Waals surface area contributed by atoms with Crippen molar-refractivity contribution in [3.05, 3.63) is 0 Å². The topological polar surface area (TPSA) is 55.8 Å². The Balaban J connectivity index is 4.69. The normalized spacial score (nSPS) is 12.4. The molecule has 0 rings (SSSR count). The molecule has 5 heteroatoms. The van der Waals surface area contributed by atoms with E-state index in [0.717, 1.165) is 0 Å². The van der Waals surface area contributed by atoms with E-state index in [4.69, 9.17) is 9.47 Å². The van der Waals surface area contributed by atoms with Crippen LogP contribution in [0.5, 0.6) is 0 Å². The van der Waals surface area contributed by atoms with E-state index in [2.05, 4.69) is 0 Å². The summed E-state index contributed by atoms with van der Waals surface area (Å²) in [7, 11) is 1.57. The van der Waals surface area contributed by atoms with Crippen molar-refractivity contribution in [2.45, 2.75) is 47.1 Å². The van der Waals surface area contributed by atoms with E-state index < -0.39 is 12.1 Å². The highest BCUT2D eigenvalue weighted by molar-refractivity contribution is 5.81. The molecule has 0 radical (unpaired) electrons. The summed E-state index contributed by atoms with van der Waals surface area (Å²) in [5.74, 6) is 0.197. The Morgan fingerprint density at radius 3 is 2.05 bits per heavy atom. The number of amides is 1. The van der Waals surface area contributed by atoms with Crippen molar-refractivity contribution < 1.29 is 19.1 Å². The van der Waals surface area contributed by atoms with Gasteiger partial charge >= 0.3 is 12.1 Å². The highest BCUT2D eigenvalue weighted by atomic mass is 16.6. The van der Waals surface area contributed by atoms with Gasteiger partial charge in [-0.15, -0.1) is 0 Å². The molecule has 19 heavy (non-hydrogen) atoms. The van der Waals surface area contributed by atoms with Gasteiger partial charge in [0.15, 0.2) is 0 Å². The number of hydrogen-bond acceptors (Lipinski definition) is 4. The van der Waals surface area contributed by atoms with Crippen LogP contribution in [0.3, 0.4) is 0 Å². The van der Waals surface area contributed by atoms with Crippen LogP contribution in [-0.2, 0) is 14.3 Å². The van der Waals surface area contributed by atoms with Crippen molar-refractivity contribution in [3.63, 3.8) is 0 Å². The number of hydrogen-bond donors (Lipinski definition) is 0. The molecule has 0 saturated heterocycles. The Morgan fingerprint density at radius 2 is 1.63 bits per heavy atom.